The number of hydrogen-bond acceptors (Lipinski definition) is 6. The van der Waals surface area contributed by atoms with E-state index >= 15 is 0 Å². The number of halogens is 1. The van der Waals surface area contributed by atoms with Crippen LogP contribution in [-0.4, -0.2) is 29.2 Å². The molecule has 1 N–H and O–H groups in total. The first-order valence-electron chi connectivity index (χ1n) is 6.04. The molecule has 110 valence electrons. The standard InChI is InChI=1S/C13H12FN3O3S/c1-20-11(18)7-6-10-16-17-13(21-10)12(19)15-9-4-2-8(14)3-5-9/h2-5H,6-7H2,1H3,(H,15,19). The summed E-state index contributed by atoms with van der Waals surface area (Å²) in [5.41, 5.74) is 0.465. The van der Waals surface area contributed by atoms with Crippen LogP contribution >= 0.6 is 11.3 Å². The van der Waals surface area contributed by atoms with Gasteiger partial charge in [-0.15, -0.1) is 10.2 Å². The van der Waals surface area contributed by atoms with Gasteiger partial charge in [-0.05, 0) is 24.3 Å². The number of amides is 1. The molecule has 1 aromatic heterocycles. The number of aromatic nitrogens is 2. The molecule has 0 saturated carbocycles. The molecule has 2 rings (SSSR count). The molecule has 21 heavy (non-hydrogen) atoms. The van der Waals surface area contributed by atoms with E-state index in [2.05, 4.69) is 20.3 Å². The quantitative estimate of drug-likeness (QED) is 0.855. The minimum Gasteiger partial charge on any atom is -0.469 e. The average Bonchev–Trinajstić information content (AvgIpc) is 2.96. The summed E-state index contributed by atoms with van der Waals surface area (Å²) in [7, 11) is 1.31. The van der Waals surface area contributed by atoms with Crippen LogP contribution in [0.15, 0.2) is 24.3 Å². The van der Waals surface area contributed by atoms with Gasteiger partial charge < -0.3 is 10.1 Å². The number of methoxy groups -OCH3 is 1. The smallest absolute Gasteiger partial charge is 0.305 e. The second kappa shape index (κ2) is 6.89. The predicted molar refractivity (Wildman–Crippen MR) is 74.6 cm³/mol. The Kier molecular flexibility index (Phi) is 4.94. The average molecular weight is 309 g/mol. The largest absolute Gasteiger partial charge is 0.469 e. The van der Waals surface area contributed by atoms with Gasteiger partial charge in [0, 0.05) is 12.1 Å². The number of hydrogen-bond donors (Lipinski definition) is 1. The van der Waals surface area contributed by atoms with E-state index in [1.165, 1.54) is 31.4 Å². The van der Waals surface area contributed by atoms with E-state index in [-0.39, 0.29) is 23.2 Å². The first-order valence-corrected chi connectivity index (χ1v) is 6.86. The molecule has 6 nitrogen and oxygen atoms in total. The van der Waals surface area contributed by atoms with Crippen molar-refractivity contribution in [3.63, 3.8) is 0 Å². The van der Waals surface area contributed by atoms with E-state index in [1.807, 2.05) is 0 Å². The molecule has 0 saturated heterocycles. The lowest BCUT2D eigenvalue weighted by Gasteiger charge is -2.01. The zero-order chi connectivity index (χ0) is 15.2. The van der Waals surface area contributed by atoms with Crippen LogP contribution in [0, 0.1) is 5.82 Å². The van der Waals surface area contributed by atoms with Gasteiger partial charge >= 0.3 is 5.97 Å². The molecular weight excluding hydrogens is 297 g/mol. The topological polar surface area (TPSA) is 81.2 Å². The summed E-state index contributed by atoms with van der Waals surface area (Å²) in [5, 5.41) is 10.9. The second-order valence-corrected chi connectivity index (χ2v) is 5.10. The van der Waals surface area contributed by atoms with Gasteiger partial charge in [0.2, 0.25) is 5.01 Å². The highest BCUT2D eigenvalue weighted by molar-refractivity contribution is 7.13. The maximum Gasteiger partial charge on any atom is 0.305 e. The molecule has 1 amide bonds. The number of aryl methyl sites for hydroxylation is 1. The first-order chi connectivity index (χ1) is 10.1. The number of carbonyl (C=O) groups excluding carboxylic acids is 2. The van der Waals surface area contributed by atoms with Gasteiger partial charge in [0.05, 0.1) is 13.5 Å². The fraction of sp³-hybridized carbons (Fsp3) is 0.231. The summed E-state index contributed by atoms with van der Waals surface area (Å²) in [6, 6.07) is 5.40. The summed E-state index contributed by atoms with van der Waals surface area (Å²) >= 11 is 1.10. The monoisotopic (exact) mass is 309 g/mol. The van der Waals surface area contributed by atoms with Gasteiger partial charge in [0.25, 0.3) is 5.91 Å². The normalized spacial score (nSPS) is 10.2. The molecule has 0 spiro atoms. The van der Waals surface area contributed by atoms with Crippen molar-refractivity contribution in [3.05, 3.63) is 40.1 Å². The van der Waals surface area contributed by atoms with Gasteiger partial charge in [0.15, 0.2) is 0 Å². The van der Waals surface area contributed by atoms with E-state index < -0.39 is 5.91 Å². The third-order valence-electron chi connectivity index (χ3n) is 2.53. The van der Waals surface area contributed by atoms with Crippen LogP contribution in [0.2, 0.25) is 0 Å². The molecule has 0 unspecified atom stereocenters. The molecule has 2 aromatic rings. The molecule has 0 atom stereocenters. The molecule has 8 heteroatoms. The number of rotatable bonds is 5. The Morgan fingerprint density at radius 2 is 2.00 bits per heavy atom. The Morgan fingerprint density at radius 1 is 1.29 bits per heavy atom. The number of esters is 1. The Balaban J connectivity index is 1.95. The minimum atomic E-state index is -0.427. The highest BCUT2D eigenvalue weighted by Crippen LogP contribution is 2.15. The number of nitrogens with zero attached hydrogens (tertiary/aromatic N) is 2. The van der Waals surface area contributed by atoms with Crippen molar-refractivity contribution in [2.24, 2.45) is 0 Å². The summed E-state index contributed by atoms with van der Waals surface area (Å²) in [6.07, 6.45) is 0.554. The van der Waals surface area contributed by atoms with Crippen LogP contribution in [0.25, 0.3) is 0 Å². The summed E-state index contributed by atoms with van der Waals surface area (Å²) in [6.45, 7) is 0. The molecule has 0 aliphatic rings. The third kappa shape index (κ3) is 4.32. The van der Waals surface area contributed by atoms with E-state index in [1.54, 1.807) is 0 Å². The minimum absolute atomic E-state index is 0.180. The molecule has 0 radical (unpaired) electrons. The molecule has 1 heterocycles. The van der Waals surface area contributed by atoms with Gasteiger partial charge in [-0.25, -0.2) is 4.39 Å². The predicted octanol–water partition coefficient (Wildman–Crippen LogP) is 2.04. The van der Waals surface area contributed by atoms with Crippen molar-refractivity contribution >= 4 is 28.9 Å². The van der Waals surface area contributed by atoms with E-state index in [4.69, 9.17) is 0 Å². The molecular formula is C13H12FN3O3S. The van der Waals surface area contributed by atoms with Crippen molar-refractivity contribution in [1.82, 2.24) is 10.2 Å². The maximum atomic E-state index is 12.8. The van der Waals surface area contributed by atoms with Crippen LogP contribution in [0.5, 0.6) is 0 Å². The van der Waals surface area contributed by atoms with E-state index in [0.29, 0.717) is 17.1 Å². The fourth-order valence-electron chi connectivity index (χ4n) is 1.48. The molecule has 0 fully saturated rings. The second-order valence-electron chi connectivity index (χ2n) is 4.04. The zero-order valence-electron chi connectivity index (χ0n) is 11.1. The van der Waals surface area contributed by atoms with E-state index in [0.717, 1.165) is 11.3 Å². The van der Waals surface area contributed by atoms with Crippen LogP contribution in [-0.2, 0) is 16.0 Å². The Morgan fingerprint density at radius 3 is 2.67 bits per heavy atom. The highest BCUT2D eigenvalue weighted by Gasteiger charge is 2.14. The molecule has 1 aromatic carbocycles. The van der Waals surface area contributed by atoms with Crippen LogP contribution in [0.3, 0.4) is 0 Å². The summed E-state index contributed by atoms with van der Waals surface area (Å²) < 4.78 is 17.3. The number of ether oxygens (including phenoxy) is 1. The Labute approximate surface area is 124 Å². The number of benzene rings is 1. The summed E-state index contributed by atoms with van der Waals surface area (Å²) in [4.78, 5) is 22.9. The Bertz CT molecular complexity index is 642. The van der Waals surface area contributed by atoms with Gasteiger partial charge in [-0.2, -0.15) is 0 Å². The van der Waals surface area contributed by atoms with Crippen molar-refractivity contribution < 1.29 is 18.7 Å². The lowest BCUT2D eigenvalue weighted by molar-refractivity contribution is -0.140. The van der Waals surface area contributed by atoms with Crippen molar-refractivity contribution in [2.75, 3.05) is 12.4 Å². The highest BCUT2D eigenvalue weighted by atomic mass is 32.1. The number of carbonyl (C=O) groups is 2. The van der Waals surface area contributed by atoms with Crippen LogP contribution in [0.1, 0.15) is 21.2 Å². The third-order valence-corrected chi connectivity index (χ3v) is 3.52. The Hall–Kier alpha value is -2.35. The molecule has 0 aliphatic heterocycles. The summed E-state index contributed by atoms with van der Waals surface area (Å²) in [5.74, 6) is -1.15. The fourth-order valence-corrected chi connectivity index (χ4v) is 2.21. The van der Waals surface area contributed by atoms with Gasteiger partial charge in [-0.3, -0.25) is 9.59 Å². The lowest BCUT2D eigenvalue weighted by Crippen LogP contribution is -2.11. The van der Waals surface area contributed by atoms with Gasteiger partial charge in [0.1, 0.15) is 10.8 Å². The van der Waals surface area contributed by atoms with Crippen LogP contribution in [0.4, 0.5) is 10.1 Å². The first kappa shape index (κ1) is 15.0. The zero-order valence-corrected chi connectivity index (χ0v) is 11.9. The van der Waals surface area contributed by atoms with Crippen molar-refractivity contribution in [3.8, 4) is 0 Å². The number of anilines is 1. The van der Waals surface area contributed by atoms with E-state index in [9.17, 15) is 14.0 Å². The maximum absolute atomic E-state index is 12.8. The number of nitrogens with one attached hydrogen (secondary N) is 1. The molecule has 0 aliphatic carbocycles. The van der Waals surface area contributed by atoms with Crippen LogP contribution < -0.4 is 5.32 Å². The van der Waals surface area contributed by atoms with Crippen molar-refractivity contribution in [2.45, 2.75) is 12.8 Å². The van der Waals surface area contributed by atoms with Gasteiger partial charge in [-0.1, -0.05) is 11.3 Å². The SMILES string of the molecule is COC(=O)CCc1nnc(C(=O)Nc2ccc(F)cc2)s1. The lowest BCUT2D eigenvalue weighted by atomic mass is 10.3. The van der Waals surface area contributed by atoms with Crippen molar-refractivity contribution in [1.29, 1.82) is 0 Å². The molecule has 0 bridgehead atoms.